The van der Waals surface area contributed by atoms with E-state index in [-0.39, 0.29) is 5.56 Å². The summed E-state index contributed by atoms with van der Waals surface area (Å²) in [6.45, 7) is 0.747. The van der Waals surface area contributed by atoms with Crippen molar-refractivity contribution in [2.75, 3.05) is 5.32 Å². The van der Waals surface area contributed by atoms with Gasteiger partial charge in [0.2, 0.25) is 0 Å². The van der Waals surface area contributed by atoms with Gasteiger partial charge < -0.3 is 9.88 Å². The molecule has 0 aliphatic heterocycles. The van der Waals surface area contributed by atoms with Crippen LogP contribution in [0, 0.1) is 0 Å². The number of hydrogen-bond donors (Lipinski definition) is 1. The van der Waals surface area contributed by atoms with Crippen LogP contribution in [0.3, 0.4) is 0 Å². The number of fused-ring (bicyclic) bond motifs is 1. The summed E-state index contributed by atoms with van der Waals surface area (Å²) >= 11 is 0. The highest BCUT2D eigenvalue weighted by Gasteiger charge is 2.02. The summed E-state index contributed by atoms with van der Waals surface area (Å²) < 4.78 is 1.49. The summed E-state index contributed by atoms with van der Waals surface area (Å²) in [6.07, 6.45) is 1.55. The Hall–Kier alpha value is -2.62. The summed E-state index contributed by atoms with van der Waals surface area (Å²) in [5.41, 5.74) is 2.86. The molecule has 1 N–H and O–H groups in total. The molecule has 0 spiro atoms. The Balaban J connectivity index is 1.87. The van der Waals surface area contributed by atoms with Gasteiger partial charge in [0.05, 0.1) is 17.2 Å². The first-order valence-electron chi connectivity index (χ1n) is 6.47. The van der Waals surface area contributed by atoms with E-state index in [2.05, 4.69) is 22.4 Å². The van der Waals surface area contributed by atoms with Gasteiger partial charge in [-0.3, -0.25) is 4.79 Å². The van der Waals surface area contributed by atoms with Crippen LogP contribution in [0.4, 0.5) is 5.69 Å². The van der Waals surface area contributed by atoms with Crippen molar-refractivity contribution < 1.29 is 0 Å². The first-order valence-corrected chi connectivity index (χ1v) is 6.47. The fourth-order valence-electron chi connectivity index (χ4n) is 2.12. The highest BCUT2D eigenvalue weighted by Crippen LogP contribution is 2.15. The van der Waals surface area contributed by atoms with E-state index < -0.39 is 0 Å². The van der Waals surface area contributed by atoms with Crippen molar-refractivity contribution in [2.24, 2.45) is 7.05 Å². The summed E-state index contributed by atoms with van der Waals surface area (Å²) in [5, 5.41) is 3.98. The van der Waals surface area contributed by atoms with Gasteiger partial charge in [-0.25, -0.2) is 4.98 Å². The summed E-state index contributed by atoms with van der Waals surface area (Å²) in [6, 6.07) is 15.8. The van der Waals surface area contributed by atoms with Gasteiger partial charge in [0, 0.05) is 19.3 Å². The molecule has 0 saturated heterocycles. The van der Waals surface area contributed by atoms with E-state index in [1.54, 1.807) is 13.4 Å². The Morgan fingerprint density at radius 3 is 2.75 bits per heavy atom. The van der Waals surface area contributed by atoms with Gasteiger partial charge in [0.15, 0.2) is 0 Å². The molecule has 0 amide bonds. The number of hydrogen-bond acceptors (Lipinski definition) is 3. The fourth-order valence-corrected chi connectivity index (χ4v) is 2.12. The molecule has 0 saturated carbocycles. The van der Waals surface area contributed by atoms with Gasteiger partial charge in [-0.05, 0) is 23.8 Å². The molecule has 20 heavy (non-hydrogen) atoms. The van der Waals surface area contributed by atoms with Crippen LogP contribution in [0.2, 0.25) is 0 Å². The summed E-state index contributed by atoms with van der Waals surface area (Å²) in [4.78, 5) is 16.2. The maximum Gasteiger partial charge on any atom is 0.260 e. The van der Waals surface area contributed by atoms with Gasteiger partial charge in [0.25, 0.3) is 5.56 Å². The molecule has 3 aromatic rings. The first kappa shape index (κ1) is 12.4. The predicted octanol–water partition coefficient (Wildman–Crippen LogP) is 2.55. The number of rotatable bonds is 3. The second-order valence-corrected chi connectivity index (χ2v) is 4.73. The van der Waals surface area contributed by atoms with Crippen molar-refractivity contribution >= 4 is 16.6 Å². The SMILES string of the molecule is Cn1cnc2cc(NCc3ccccc3)ccc2c1=O. The Morgan fingerprint density at radius 1 is 1.15 bits per heavy atom. The molecule has 2 aromatic carbocycles. The minimum absolute atomic E-state index is 0.0235. The zero-order chi connectivity index (χ0) is 13.9. The van der Waals surface area contributed by atoms with Gasteiger partial charge in [0.1, 0.15) is 0 Å². The summed E-state index contributed by atoms with van der Waals surface area (Å²) in [7, 11) is 1.70. The minimum Gasteiger partial charge on any atom is -0.381 e. The molecule has 4 nitrogen and oxygen atoms in total. The van der Waals surface area contributed by atoms with Crippen molar-refractivity contribution in [2.45, 2.75) is 6.54 Å². The third-order valence-electron chi connectivity index (χ3n) is 3.26. The van der Waals surface area contributed by atoms with Crippen molar-refractivity contribution in [1.29, 1.82) is 0 Å². The van der Waals surface area contributed by atoms with Gasteiger partial charge >= 0.3 is 0 Å². The number of benzene rings is 2. The van der Waals surface area contributed by atoms with E-state index in [0.29, 0.717) is 10.9 Å². The van der Waals surface area contributed by atoms with Gasteiger partial charge in [-0.2, -0.15) is 0 Å². The molecular formula is C16H15N3O. The van der Waals surface area contributed by atoms with E-state index in [4.69, 9.17) is 0 Å². The lowest BCUT2D eigenvalue weighted by Gasteiger charge is -2.07. The van der Waals surface area contributed by atoms with Crippen molar-refractivity contribution in [3.63, 3.8) is 0 Å². The van der Waals surface area contributed by atoms with Crippen LogP contribution in [-0.2, 0) is 13.6 Å². The van der Waals surface area contributed by atoms with Gasteiger partial charge in [-0.15, -0.1) is 0 Å². The van der Waals surface area contributed by atoms with Gasteiger partial charge in [-0.1, -0.05) is 30.3 Å². The Morgan fingerprint density at radius 2 is 1.95 bits per heavy atom. The van der Waals surface area contributed by atoms with E-state index in [9.17, 15) is 4.79 Å². The largest absolute Gasteiger partial charge is 0.381 e. The van der Waals surface area contributed by atoms with Crippen molar-refractivity contribution in [1.82, 2.24) is 9.55 Å². The average molecular weight is 265 g/mol. The van der Waals surface area contributed by atoms with Crippen molar-refractivity contribution in [3.8, 4) is 0 Å². The maximum absolute atomic E-state index is 11.9. The number of anilines is 1. The van der Waals surface area contributed by atoms with E-state index in [1.807, 2.05) is 36.4 Å². The molecule has 0 fully saturated rings. The predicted molar refractivity (Wildman–Crippen MR) is 80.8 cm³/mol. The third kappa shape index (κ3) is 2.40. The second-order valence-electron chi connectivity index (χ2n) is 4.73. The van der Waals surface area contributed by atoms with Crippen LogP contribution in [0.15, 0.2) is 59.7 Å². The molecule has 4 heteroatoms. The van der Waals surface area contributed by atoms with Crippen LogP contribution in [0.5, 0.6) is 0 Å². The van der Waals surface area contributed by atoms with Crippen LogP contribution in [-0.4, -0.2) is 9.55 Å². The molecule has 0 aliphatic rings. The van der Waals surface area contributed by atoms with E-state index in [0.717, 1.165) is 12.2 Å². The van der Waals surface area contributed by atoms with E-state index >= 15 is 0 Å². The zero-order valence-electron chi connectivity index (χ0n) is 11.2. The van der Waals surface area contributed by atoms with Crippen molar-refractivity contribution in [3.05, 3.63) is 70.8 Å². The third-order valence-corrected chi connectivity index (χ3v) is 3.26. The lowest BCUT2D eigenvalue weighted by molar-refractivity contribution is 0.843. The molecule has 0 atom stereocenters. The number of aromatic nitrogens is 2. The molecule has 0 bridgehead atoms. The Bertz CT molecular complexity index is 794. The monoisotopic (exact) mass is 265 g/mol. The maximum atomic E-state index is 11.9. The smallest absolute Gasteiger partial charge is 0.260 e. The average Bonchev–Trinajstić information content (AvgIpc) is 2.50. The number of nitrogens with zero attached hydrogens (tertiary/aromatic N) is 2. The molecule has 0 radical (unpaired) electrons. The normalized spacial score (nSPS) is 10.7. The second kappa shape index (κ2) is 5.17. The number of aryl methyl sites for hydroxylation is 1. The quantitative estimate of drug-likeness (QED) is 0.791. The molecule has 0 aliphatic carbocycles. The highest BCUT2D eigenvalue weighted by atomic mass is 16.1. The van der Waals surface area contributed by atoms with Crippen LogP contribution < -0.4 is 10.9 Å². The standard InChI is InChI=1S/C16H15N3O/c1-19-11-18-15-9-13(7-8-14(15)16(19)20)17-10-12-5-3-2-4-6-12/h2-9,11,17H,10H2,1H3. The highest BCUT2D eigenvalue weighted by molar-refractivity contribution is 5.81. The molecule has 1 aromatic heterocycles. The minimum atomic E-state index is -0.0235. The lowest BCUT2D eigenvalue weighted by Crippen LogP contribution is -2.16. The summed E-state index contributed by atoms with van der Waals surface area (Å²) in [5.74, 6) is 0. The van der Waals surface area contributed by atoms with Crippen LogP contribution >= 0.6 is 0 Å². The van der Waals surface area contributed by atoms with Crippen LogP contribution in [0.25, 0.3) is 10.9 Å². The fraction of sp³-hybridized carbons (Fsp3) is 0.125. The number of nitrogens with one attached hydrogen (secondary N) is 1. The first-order chi connectivity index (χ1) is 9.74. The lowest BCUT2D eigenvalue weighted by atomic mass is 10.2. The Kier molecular flexibility index (Phi) is 3.21. The topological polar surface area (TPSA) is 46.9 Å². The molecule has 3 rings (SSSR count). The molecule has 100 valence electrons. The molecule has 0 unspecified atom stereocenters. The van der Waals surface area contributed by atoms with Crippen LogP contribution in [0.1, 0.15) is 5.56 Å². The molecule has 1 heterocycles. The zero-order valence-corrected chi connectivity index (χ0v) is 11.2. The molecular weight excluding hydrogens is 250 g/mol. The van der Waals surface area contributed by atoms with E-state index in [1.165, 1.54) is 10.1 Å². The Labute approximate surface area is 116 Å².